The zero-order chi connectivity index (χ0) is 14.0. The van der Waals surface area contributed by atoms with Gasteiger partial charge in [-0.3, -0.25) is 9.59 Å². The normalized spacial score (nSPS) is 12.4. The van der Waals surface area contributed by atoms with Gasteiger partial charge in [-0.1, -0.05) is 6.92 Å². The number of hydrogen-bond acceptors (Lipinski definition) is 4. The minimum absolute atomic E-state index is 0.00618. The maximum atomic E-state index is 11.5. The molecule has 0 aliphatic carbocycles. The van der Waals surface area contributed by atoms with Gasteiger partial charge in [0.2, 0.25) is 5.91 Å². The van der Waals surface area contributed by atoms with Gasteiger partial charge in [-0.15, -0.1) is 0 Å². The fourth-order valence-corrected chi connectivity index (χ4v) is 1.49. The van der Waals surface area contributed by atoms with E-state index in [-0.39, 0.29) is 31.2 Å². The van der Waals surface area contributed by atoms with Crippen molar-refractivity contribution < 1.29 is 24.2 Å². The van der Waals surface area contributed by atoms with Crippen LogP contribution in [0.25, 0.3) is 0 Å². The van der Waals surface area contributed by atoms with Crippen LogP contribution in [-0.4, -0.2) is 43.0 Å². The van der Waals surface area contributed by atoms with E-state index in [4.69, 9.17) is 14.6 Å². The molecule has 1 unspecified atom stereocenters. The third-order valence-electron chi connectivity index (χ3n) is 2.23. The summed E-state index contributed by atoms with van der Waals surface area (Å²) in [7, 11) is 0. The molecule has 0 aromatic carbocycles. The van der Waals surface area contributed by atoms with E-state index in [0.29, 0.717) is 13.2 Å². The van der Waals surface area contributed by atoms with Crippen molar-refractivity contribution in [1.82, 2.24) is 5.32 Å². The lowest BCUT2D eigenvalue weighted by Crippen LogP contribution is -2.36. The lowest BCUT2D eigenvalue weighted by molar-refractivity contribution is -0.141. The second-order valence-corrected chi connectivity index (χ2v) is 4.05. The SMILES string of the molecule is CCOC(CNC(=O)CC(C)CC(=O)O)OCC. The standard InChI is InChI=1S/C12H23NO5/c1-4-17-12(18-5-2)8-13-10(14)6-9(3)7-11(15)16/h9,12H,4-8H2,1-3H3,(H,13,14)(H,15,16). The third kappa shape index (κ3) is 8.95. The summed E-state index contributed by atoms with van der Waals surface area (Å²) in [5.41, 5.74) is 0. The molecule has 1 atom stereocenters. The number of ether oxygens (including phenoxy) is 2. The van der Waals surface area contributed by atoms with Gasteiger partial charge in [0.1, 0.15) is 0 Å². The molecule has 0 saturated carbocycles. The first-order chi connectivity index (χ1) is 8.49. The first-order valence-corrected chi connectivity index (χ1v) is 6.21. The molecule has 6 nitrogen and oxygen atoms in total. The molecule has 0 aliphatic heterocycles. The number of amides is 1. The largest absolute Gasteiger partial charge is 0.481 e. The summed E-state index contributed by atoms with van der Waals surface area (Å²) < 4.78 is 10.5. The monoisotopic (exact) mass is 261 g/mol. The van der Waals surface area contributed by atoms with Gasteiger partial charge < -0.3 is 19.9 Å². The molecule has 6 heteroatoms. The fraction of sp³-hybridized carbons (Fsp3) is 0.833. The topological polar surface area (TPSA) is 84.9 Å². The van der Waals surface area contributed by atoms with Gasteiger partial charge in [-0.25, -0.2) is 0 Å². The molecule has 1 amide bonds. The lowest BCUT2D eigenvalue weighted by Gasteiger charge is -2.18. The Hall–Kier alpha value is -1.14. The number of carbonyl (C=O) groups excluding carboxylic acids is 1. The maximum absolute atomic E-state index is 11.5. The van der Waals surface area contributed by atoms with Gasteiger partial charge in [-0.2, -0.15) is 0 Å². The van der Waals surface area contributed by atoms with Gasteiger partial charge in [0.05, 0.1) is 6.54 Å². The highest BCUT2D eigenvalue weighted by Gasteiger charge is 2.14. The van der Waals surface area contributed by atoms with Crippen molar-refractivity contribution in [3.8, 4) is 0 Å². The average Bonchev–Trinajstić information content (AvgIpc) is 2.25. The third-order valence-corrected chi connectivity index (χ3v) is 2.23. The summed E-state index contributed by atoms with van der Waals surface area (Å²) >= 11 is 0. The molecule has 106 valence electrons. The fourth-order valence-electron chi connectivity index (χ4n) is 1.49. The Labute approximate surface area is 108 Å². The van der Waals surface area contributed by atoms with E-state index in [9.17, 15) is 9.59 Å². The van der Waals surface area contributed by atoms with E-state index in [1.165, 1.54) is 0 Å². The van der Waals surface area contributed by atoms with Crippen LogP contribution in [0.2, 0.25) is 0 Å². The first kappa shape index (κ1) is 16.9. The Kier molecular flexibility index (Phi) is 9.22. The molecule has 0 saturated heterocycles. The number of carbonyl (C=O) groups is 2. The van der Waals surface area contributed by atoms with Crippen LogP contribution in [0.4, 0.5) is 0 Å². The van der Waals surface area contributed by atoms with Crippen molar-refractivity contribution in [2.75, 3.05) is 19.8 Å². The van der Waals surface area contributed by atoms with Crippen molar-refractivity contribution in [3.63, 3.8) is 0 Å². The second kappa shape index (κ2) is 9.85. The maximum Gasteiger partial charge on any atom is 0.303 e. The molecule has 0 spiro atoms. The zero-order valence-corrected chi connectivity index (χ0v) is 11.3. The van der Waals surface area contributed by atoms with E-state index < -0.39 is 12.3 Å². The first-order valence-electron chi connectivity index (χ1n) is 6.21. The van der Waals surface area contributed by atoms with E-state index in [1.54, 1.807) is 6.92 Å². The van der Waals surface area contributed by atoms with Crippen molar-refractivity contribution >= 4 is 11.9 Å². The Bertz CT molecular complexity index is 251. The van der Waals surface area contributed by atoms with Gasteiger partial charge in [-0.05, 0) is 19.8 Å². The van der Waals surface area contributed by atoms with Crippen LogP contribution in [0.15, 0.2) is 0 Å². The molecular weight excluding hydrogens is 238 g/mol. The molecule has 0 aliphatic rings. The highest BCUT2D eigenvalue weighted by Crippen LogP contribution is 2.06. The number of carboxylic acids is 1. The van der Waals surface area contributed by atoms with Crippen LogP contribution in [-0.2, 0) is 19.1 Å². The highest BCUT2D eigenvalue weighted by molar-refractivity contribution is 5.77. The van der Waals surface area contributed by atoms with Crippen LogP contribution >= 0.6 is 0 Å². The Morgan fingerprint density at radius 3 is 2.17 bits per heavy atom. The van der Waals surface area contributed by atoms with E-state index in [2.05, 4.69) is 5.32 Å². The van der Waals surface area contributed by atoms with E-state index in [1.807, 2.05) is 13.8 Å². The van der Waals surface area contributed by atoms with Crippen LogP contribution in [0.5, 0.6) is 0 Å². The molecule has 0 aromatic rings. The quantitative estimate of drug-likeness (QED) is 0.573. The molecule has 0 aromatic heterocycles. The summed E-state index contributed by atoms with van der Waals surface area (Å²) in [4.78, 5) is 22.0. The van der Waals surface area contributed by atoms with Gasteiger partial charge >= 0.3 is 5.97 Å². The van der Waals surface area contributed by atoms with Crippen molar-refractivity contribution in [2.45, 2.75) is 39.9 Å². The average molecular weight is 261 g/mol. The number of hydrogen-bond donors (Lipinski definition) is 2. The second-order valence-electron chi connectivity index (χ2n) is 4.05. The van der Waals surface area contributed by atoms with Crippen LogP contribution in [0.1, 0.15) is 33.6 Å². The van der Waals surface area contributed by atoms with Crippen LogP contribution in [0.3, 0.4) is 0 Å². The molecular formula is C12H23NO5. The molecule has 0 radical (unpaired) electrons. The summed E-state index contributed by atoms with van der Waals surface area (Å²) in [6.07, 6.45) is -0.260. The van der Waals surface area contributed by atoms with Gasteiger partial charge in [0.25, 0.3) is 0 Å². The van der Waals surface area contributed by atoms with Crippen molar-refractivity contribution in [1.29, 1.82) is 0 Å². The Morgan fingerprint density at radius 1 is 1.17 bits per heavy atom. The molecule has 0 heterocycles. The molecule has 0 fully saturated rings. The van der Waals surface area contributed by atoms with E-state index >= 15 is 0 Å². The van der Waals surface area contributed by atoms with Crippen LogP contribution in [0, 0.1) is 5.92 Å². The minimum atomic E-state index is -0.892. The molecule has 18 heavy (non-hydrogen) atoms. The number of rotatable bonds is 10. The Morgan fingerprint density at radius 2 is 1.72 bits per heavy atom. The summed E-state index contributed by atoms with van der Waals surface area (Å²) in [6, 6.07) is 0. The number of nitrogens with one attached hydrogen (secondary N) is 1. The van der Waals surface area contributed by atoms with Crippen molar-refractivity contribution in [2.24, 2.45) is 5.92 Å². The van der Waals surface area contributed by atoms with Gasteiger partial charge in [0.15, 0.2) is 6.29 Å². The van der Waals surface area contributed by atoms with E-state index in [0.717, 1.165) is 0 Å². The van der Waals surface area contributed by atoms with Gasteiger partial charge in [0, 0.05) is 26.1 Å². The number of aliphatic carboxylic acids is 1. The highest BCUT2D eigenvalue weighted by atomic mass is 16.7. The predicted molar refractivity (Wildman–Crippen MR) is 66.1 cm³/mol. The van der Waals surface area contributed by atoms with Crippen molar-refractivity contribution in [3.05, 3.63) is 0 Å². The molecule has 0 rings (SSSR count). The molecule has 2 N–H and O–H groups in total. The predicted octanol–water partition coefficient (Wildman–Crippen LogP) is 1.00. The lowest BCUT2D eigenvalue weighted by atomic mass is 10.0. The molecule has 0 bridgehead atoms. The number of carboxylic acid groups (broad SMARTS) is 1. The van der Waals surface area contributed by atoms with Crippen LogP contribution < -0.4 is 5.32 Å². The zero-order valence-electron chi connectivity index (χ0n) is 11.3. The minimum Gasteiger partial charge on any atom is -0.481 e. The summed E-state index contributed by atoms with van der Waals surface area (Å²) in [5.74, 6) is -1.26. The summed E-state index contributed by atoms with van der Waals surface area (Å²) in [6.45, 7) is 6.73. The Balaban J connectivity index is 3.88. The summed E-state index contributed by atoms with van der Waals surface area (Å²) in [5, 5.41) is 11.3. The smallest absolute Gasteiger partial charge is 0.303 e.